The Balaban J connectivity index is 1.89. The van der Waals surface area contributed by atoms with Crippen LogP contribution in [0, 0.1) is 11.6 Å². The Morgan fingerprint density at radius 1 is 1.26 bits per heavy atom. The highest BCUT2D eigenvalue weighted by molar-refractivity contribution is 5.82. The van der Waals surface area contributed by atoms with E-state index in [0.29, 0.717) is 6.54 Å². The van der Waals surface area contributed by atoms with Gasteiger partial charge in [-0.15, -0.1) is 0 Å². The predicted octanol–water partition coefficient (Wildman–Crippen LogP) is 1.37. The number of carbonyl (C=O) groups excluding carboxylic acids is 1. The Morgan fingerprint density at radius 3 is 2.89 bits per heavy atom. The highest BCUT2D eigenvalue weighted by Gasteiger charge is 2.14. The standard InChI is InChI=1S/C14H18F2N2O/c15-12-3-2-11(14(16)9-12)8-13(19)10-18-6-1-4-17-5-7-18/h2-3,9,17H,1,4-8,10H2. The minimum atomic E-state index is -0.647. The highest BCUT2D eigenvalue weighted by atomic mass is 19.1. The van der Waals surface area contributed by atoms with Crippen LogP contribution in [0.2, 0.25) is 0 Å². The number of carbonyl (C=O) groups is 1. The van der Waals surface area contributed by atoms with Gasteiger partial charge in [0.05, 0.1) is 6.54 Å². The fraction of sp³-hybridized carbons (Fsp3) is 0.500. The number of benzene rings is 1. The molecule has 0 unspecified atom stereocenters. The van der Waals surface area contributed by atoms with Crippen molar-refractivity contribution >= 4 is 5.78 Å². The van der Waals surface area contributed by atoms with E-state index in [2.05, 4.69) is 10.2 Å². The van der Waals surface area contributed by atoms with Crippen molar-refractivity contribution in [2.75, 3.05) is 32.7 Å². The van der Waals surface area contributed by atoms with E-state index in [1.165, 1.54) is 12.1 Å². The third-order valence-corrected chi connectivity index (χ3v) is 3.24. The molecule has 1 heterocycles. The molecule has 5 heteroatoms. The average Bonchev–Trinajstić information content (AvgIpc) is 2.61. The number of nitrogens with one attached hydrogen (secondary N) is 1. The summed E-state index contributed by atoms with van der Waals surface area (Å²) in [6.07, 6.45) is 1.04. The fourth-order valence-electron chi connectivity index (χ4n) is 2.24. The molecule has 1 aliphatic heterocycles. The summed E-state index contributed by atoms with van der Waals surface area (Å²) in [6, 6.07) is 3.34. The molecule has 104 valence electrons. The zero-order valence-electron chi connectivity index (χ0n) is 10.8. The number of halogens is 2. The maximum absolute atomic E-state index is 13.4. The summed E-state index contributed by atoms with van der Waals surface area (Å²) in [7, 11) is 0. The number of rotatable bonds is 4. The summed E-state index contributed by atoms with van der Waals surface area (Å²) in [6.45, 7) is 3.89. The number of ketones is 1. The van der Waals surface area contributed by atoms with Crippen LogP contribution in [0.4, 0.5) is 8.78 Å². The third-order valence-electron chi connectivity index (χ3n) is 3.24. The van der Waals surface area contributed by atoms with Gasteiger partial charge in [-0.25, -0.2) is 8.78 Å². The van der Waals surface area contributed by atoms with Gasteiger partial charge in [-0.05, 0) is 31.1 Å². The van der Waals surface area contributed by atoms with Crippen molar-refractivity contribution in [3.63, 3.8) is 0 Å². The van der Waals surface area contributed by atoms with Gasteiger partial charge in [0.1, 0.15) is 11.6 Å². The second kappa shape index (κ2) is 6.73. The van der Waals surface area contributed by atoms with E-state index in [4.69, 9.17) is 0 Å². The topological polar surface area (TPSA) is 32.3 Å². The second-order valence-corrected chi connectivity index (χ2v) is 4.83. The molecule has 1 saturated heterocycles. The normalized spacial score (nSPS) is 17.2. The monoisotopic (exact) mass is 268 g/mol. The first-order valence-corrected chi connectivity index (χ1v) is 6.54. The minimum absolute atomic E-state index is 0.0239. The third kappa shape index (κ3) is 4.36. The maximum Gasteiger partial charge on any atom is 0.151 e. The Morgan fingerprint density at radius 2 is 2.11 bits per heavy atom. The molecule has 19 heavy (non-hydrogen) atoms. The van der Waals surface area contributed by atoms with Crippen molar-refractivity contribution < 1.29 is 13.6 Å². The van der Waals surface area contributed by atoms with Gasteiger partial charge in [-0.1, -0.05) is 6.07 Å². The van der Waals surface area contributed by atoms with Crippen LogP contribution in [0.3, 0.4) is 0 Å². The van der Waals surface area contributed by atoms with Crippen LogP contribution in [0.15, 0.2) is 18.2 Å². The first-order chi connectivity index (χ1) is 9.15. The molecule has 2 rings (SSSR count). The zero-order chi connectivity index (χ0) is 13.7. The first kappa shape index (κ1) is 14.1. The molecular formula is C14H18F2N2O. The zero-order valence-corrected chi connectivity index (χ0v) is 10.8. The van der Waals surface area contributed by atoms with Crippen LogP contribution in [-0.4, -0.2) is 43.4 Å². The summed E-state index contributed by atoms with van der Waals surface area (Å²) < 4.78 is 26.2. The summed E-state index contributed by atoms with van der Waals surface area (Å²) in [5.74, 6) is -1.30. The molecule has 1 N–H and O–H groups in total. The Hall–Kier alpha value is -1.33. The van der Waals surface area contributed by atoms with E-state index in [1.807, 2.05) is 0 Å². The van der Waals surface area contributed by atoms with Crippen LogP contribution in [-0.2, 0) is 11.2 Å². The quantitative estimate of drug-likeness (QED) is 0.895. The number of Topliss-reactive ketones (excluding diaryl/α,β-unsaturated/α-hetero) is 1. The molecule has 0 atom stereocenters. The highest BCUT2D eigenvalue weighted by Crippen LogP contribution is 2.11. The van der Waals surface area contributed by atoms with Gasteiger partial charge >= 0.3 is 0 Å². The smallest absolute Gasteiger partial charge is 0.151 e. The molecule has 0 amide bonds. The molecule has 0 aliphatic carbocycles. The number of hydrogen-bond acceptors (Lipinski definition) is 3. The lowest BCUT2D eigenvalue weighted by Gasteiger charge is -2.18. The summed E-state index contributed by atoms with van der Waals surface area (Å²) in [4.78, 5) is 14.0. The van der Waals surface area contributed by atoms with Crippen molar-refractivity contribution in [3.8, 4) is 0 Å². The Labute approximate surface area is 111 Å². The summed E-state index contributed by atoms with van der Waals surface area (Å²) >= 11 is 0. The lowest BCUT2D eigenvalue weighted by atomic mass is 10.1. The second-order valence-electron chi connectivity index (χ2n) is 4.83. The van der Waals surface area contributed by atoms with Crippen molar-refractivity contribution in [3.05, 3.63) is 35.4 Å². The van der Waals surface area contributed by atoms with Crippen molar-refractivity contribution in [2.45, 2.75) is 12.8 Å². The van der Waals surface area contributed by atoms with Gasteiger partial charge in [-0.3, -0.25) is 9.69 Å². The molecular weight excluding hydrogens is 250 g/mol. The van der Waals surface area contributed by atoms with Gasteiger partial charge in [-0.2, -0.15) is 0 Å². The molecule has 0 radical (unpaired) electrons. The number of hydrogen-bond donors (Lipinski definition) is 1. The van der Waals surface area contributed by atoms with E-state index in [1.54, 1.807) is 0 Å². The van der Waals surface area contributed by atoms with Gasteiger partial charge in [0.2, 0.25) is 0 Å². The fourth-order valence-corrected chi connectivity index (χ4v) is 2.24. The molecule has 0 bridgehead atoms. The van der Waals surface area contributed by atoms with E-state index >= 15 is 0 Å². The predicted molar refractivity (Wildman–Crippen MR) is 69.0 cm³/mol. The summed E-state index contributed by atoms with van der Waals surface area (Å²) in [5, 5.41) is 3.26. The van der Waals surface area contributed by atoms with Gasteiger partial charge < -0.3 is 5.32 Å². The number of nitrogens with zero attached hydrogens (tertiary/aromatic N) is 1. The molecule has 1 aliphatic rings. The van der Waals surface area contributed by atoms with E-state index in [9.17, 15) is 13.6 Å². The average molecular weight is 268 g/mol. The van der Waals surface area contributed by atoms with Crippen LogP contribution >= 0.6 is 0 Å². The van der Waals surface area contributed by atoms with E-state index in [-0.39, 0.29) is 17.8 Å². The van der Waals surface area contributed by atoms with Crippen molar-refractivity contribution in [1.82, 2.24) is 10.2 Å². The molecule has 0 aromatic heterocycles. The SMILES string of the molecule is O=C(Cc1ccc(F)cc1F)CN1CCCNCC1. The lowest BCUT2D eigenvalue weighted by Crippen LogP contribution is -2.33. The largest absolute Gasteiger partial charge is 0.315 e. The first-order valence-electron chi connectivity index (χ1n) is 6.54. The minimum Gasteiger partial charge on any atom is -0.315 e. The van der Waals surface area contributed by atoms with Crippen LogP contribution in [0.25, 0.3) is 0 Å². The van der Waals surface area contributed by atoms with E-state index in [0.717, 1.165) is 38.7 Å². The molecule has 0 saturated carbocycles. The van der Waals surface area contributed by atoms with Crippen LogP contribution < -0.4 is 5.32 Å². The molecule has 1 aromatic carbocycles. The Kier molecular flexibility index (Phi) is 4.99. The summed E-state index contributed by atoms with van der Waals surface area (Å²) in [5.41, 5.74) is 0.263. The van der Waals surface area contributed by atoms with Crippen LogP contribution in [0.1, 0.15) is 12.0 Å². The molecule has 0 spiro atoms. The van der Waals surface area contributed by atoms with Gasteiger partial charge in [0.15, 0.2) is 5.78 Å². The molecule has 1 fully saturated rings. The molecule has 3 nitrogen and oxygen atoms in total. The van der Waals surface area contributed by atoms with Crippen molar-refractivity contribution in [2.24, 2.45) is 0 Å². The maximum atomic E-state index is 13.4. The van der Waals surface area contributed by atoms with Crippen LogP contribution in [0.5, 0.6) is 0 Å². The van der Waals surface area contributed by atoms with E-state index < -0.39 is 11.6 Å². The van der Waals surface area contributed by atoms with Gasteiger partial charge in [0, 0.05) is 25.6 Å². The van der Waals surface area contributed by atoms with Crippen molar-refractivity contribution in [1.29, 1.82) is 0 Å². The lowest BCUT2D eigenvalue weighted by molar-refractivity contribution is -0.119. The molecule has 1 aromatic rings. The van der Waals surface area contributed by atoms with Gasteiger partial charge in [0.25, 0.3) is 0 Å². The Bertz CT molecular complexity index is 443.